The number of rotatable bonds is 2. The number of carboxylic acids is 1. The van der Waals surface area contributed by atoms with Crippen LogP contribution in [0, 0.1) is 5.82 Å². The van der Waals surface area contributed by atoms with Crippen molar-refractivity contribution in [2.45, 2.75) is 0 Å². The fourth-order valence-electron chi connectivity index (χ4n) is 2.02. The van der Waals surface area contributed by atoms with Crippen LogP contribution in [0.4, 0.5) is 4.39 Å². The van der Waals surface area contributed by atoms with E-state index in [1.54, 1.807) is 16.7 Å². The van der Waals surface area contributed by atoms with Gasteiger partial charge in [-0.05, 0) is 36.4 Å². The van der Waals surface area contributed by atoms with Gasteiger partial charge < -0.3 is 5.11 Å². The second-order valence-electron chi connectivity index (χ2n) is 4.25. The van der Waals surface area contributed by atoms with Crippen LogP contribution in [-0.4, -0.2) is 20.6 Å². The first-order chi connectivity index (χ1) is 9.54. The molecule has 6 heteroatoms. The first-order valence-corrected chi connectivity index (χ1v) is 6.09. The molecule has 0 saturated heterocycles. The predicted octanol–water partition coefficient (Wildman–Crippen LogP) is 3.52. The third-order valence-electron chi connectivity index (χ3n) is 2.92. The molecule has 4 nitrogen and oxygen atoms in total. The molecule has 0 atom stereocenters. The molecule has 0 spiro atoms. The van der Waals surface area contributed by atoms with Gasteiger partial charge in [0.25, 0.3) is 0 Å². The molecule has 3 aromatic rings. The summed E-state index contributed by atoms with van der Waals surface area (Å²) in [6.45, 7) is 0. The number of carbonyl (C=O) groups is 1. The van der Waals surface area contributed by atoms with Gasteiger partial charge in [-0.2, -0.15) is 0 Å². The monoisotopic (exact) mass is 290 g/mol. The molecular weight excluding hydrogens is 283 g/mol. The number of halogens is 2. The van der Waals surface area contributed by atoms with E-state index in [2.05, 4.69) is 4.98 Å². The van der Waals surface area contributed by atoms with Gasteiger partial charge in [-0.15, -0.1) is 0 Å². The smallest absolute Gasteiger partial charge is 0.335 e. The van der Waals surface area contributed by atoms with Gasteiger partial charge in [0.05, 0.1) is 22.3 Å². The lowest BCUT2D eigenvalue weighted by Crippen LogP contribution is -1.98. The van der Waals surface area contributed by atoms with Crippen molar-refractivity contribution in [2.24, 2.45) is 0 Å². The van der Waals surface area contributed by atoms with Crippen LogP contribution < -0.4 is 0 Å². The molecule has 0 radical (unpaired) electrons. The van der Waals surface area contributed by atoms with E-state index in [1.165, 1.54) is 30.6 Å². The Morgan fingerprint density at radius 1 is 1.25 bits per heavy atom. The van der Waals surface area contributed by atoms with Crippen molar-refractivity contribution >= 4 is 28.6 Å². The van der Waals surface area contributed by atoms with Gasteiger partial charge in [-0.25, -0.2) is 14.2 Å². The number of aromatic carboxylic acids is 1. The molecule has 20 heavy (non-hydrogen) atoms. The maximum absolute atomic E-state index is 13.4. The van der Waals surface area contributed by atoms with Crippen molar-refractivity contribution in [1.29, 1.82) is 0 Å². The van der Waals surface area contributed by atoms with E-state index in [-0.39, 0.29) is 10.6 Å². The summed E-state index contributed by atoms with van der Waals surface area (Å²) in [5, 5.41) is 9.28. The lowest BCUT2D eigenvalue weighted by molar-refractivity contribution is 0.0697. The van der Waals surface area contributed by atoms with Gasteiger partial charge in [-0.1, -0.05) is 11.6 Å². The zero-order valence-electron chi connectivity index (χ0n) is 10.0. The van der Waals surface area contributed by atoms with Crippen molar-refractivity contribution in [3.63, 3.8) is 0 Å². The highest BCUT2D eigenvalue weighted by Gasteiger charge is 2.10. The van der Waals surface area contributed by atoms with Crippen LogP contribution in [0.15, 0.2) is 42.7 Å². The maximum Gasteiger partial charge on any atom is 0.335 e. The molecule has 0 fully saturated rings. The molecule has 0 unspecified atom stereocenters. The predicted molar refractivity (Wildman–Crippen MR) is 73.0 cm³/mol. The van der Waals surface area contributed by atoms with Crippen LogP contribution in [0.2, 0.25) is 5.02 Å². The van der Waals surface area contributed by atoms with Crippen LogP contribution in [0.5, 0.6) is 0 Å². The van der Waals surface area contributed by atoms with Crippen LogP contribution in [0.25, 0.3) is 16.7 Å². The highest BCUT2D eigenvalue weighted by atomic mass is 35.5. The van der Waals surface area contributed by atoms with Gasteiger partial charge in [0.2, 0.25) is 0 Å². The molecule has 0 bridgehead atoms. The van der Waals surface area contributed by atoms with E-state index >= 15 is 0 Å². The summed E-state index contributed by atoms with van der Waals surface area (Å²) in [6, 6.07) is 8.66. The summed E-state index contributed by atoms with van der Waals surface area (Å²) in [6.07, 6.45) is 1.50. The van der Waals surface area contributed by atoms with Crippen molar-refractivity contribution in [3.05, 3.63) is 59.1 Å². The van der Waals surface area contributed by atoms with Gasteiger partial charge in [0, 0.05) is 5.02 Å². The largest absolute Gasteiger partial charge is 0.478 e. The van der Waals surface area contributed by atoms with Crippen LogP contribution in [-0.2, 0) is 0 Å². The molecule has 2 aromatic carbocycles. The molecule has 1 heterocycles. The van der Waals surface area contributed by atoms with Crippen molar-refractivity contribution < 1.29 is 14.3 Å². The molecule has 1 N–H and O–H groups in total. The number of nitrogens with zero attached hydrogens (tertiary/aromatic N) is 2. The highest BCUT2D eigenvalue weighted by molar-refractivity contribution is 6.30. The third-order valence-corrected chi connectivity index (χ3v) is 3.14. The fourth-order valence-corrected chi connectivity index (χ4v) is 2.24. The van der Waals surface area contributed by atoms with Crippen molar-refractivity contribution in [3.8, 4) is 5.69 Å². The molecule has 3 rings (SSSR count). The van der Waals surface area contributed by atoms with Crippen LogP contribution in [0.1, 0.15) is 10.4 Å². The van der Waals surface area contributed by atoms with Gasteiger partial charge >= 0.3 is 5.97 Å². The fraction of sp³-hybridized carbons (Fsp3) is 0. The average Bonchev–Trinajstić information content (AvgIpc) is 2.80. The summed E-state index contributed by atoms with van der Waals surface area (Å²) in [7, 11) is 0. The van der Waals surface area contributed by atoms with E-state index in [4.69, 9.17) is 16.7 Å². The highest BCUT2D eigenvalue weighted by Crippen LogP contribution is 2.23. The normalized spacial score (nSPS) is 10.9. The minimum atomic E-state index is -1.03. The first kappa shape index (κ1) is 12.6. The van der Waals surface area contributed by atoms with Crippen LogP contribution >= 0.6 is 11.6 Å². The topological polar surface area (TPSA) is 55.1 Å². The SMILES string of the molecule is O=C(O)c1ccc2ncn(-c3cc(F)cc(Cl)c3)c2c1. The quantitative estimate of drug-likeness (QED) is 0.785. The Kier molecular flexibility index (Phi) is 2.91. The minimum absolute atomic E-state index is 0.141. The van der Waals surface area contributed by atoms with Gasteiger partial charge in [0.1, 0.15) is 12.1 Å². The zero-order chi connectivity index (χ0) is 14.3. The Labute approximate surface area is 118 Å². The summed E-state index contributed by atoms with van der Waals surface area (Å²) in [5.74, 6) is -1.50. The van der Waals surface area contributed by atoms with Crippen LogP contribution in [0.3, 0.4) is 0 Å². The van der Waals surface area contributed by atoms with Crippen molar-refractivity contribution in [2.75, 3.05) is 0 Å². The number of fused-ring (bicyclic) bond motifs is 1. The second-order valence-corrected chi connectivity index (χ2v) is 4.69. The number of hydrogen-bond donors (Lipinski definition) is 1. The van der Waals surface area contributed by atoms with Gasteiger partial charge in [-0.3, -0.25) is 4.57 Å². The summed E-state index contributed by atoms with van der Waals surface area (Å²) in [4.78, 5) is 15.2. The standard InChI is InChI=1S/C14H8ClFN2O2/c15-9-4-10(16)6-11(5-9)18-7-17-12-2-1-8(14(19)20)3-13(12)18/h1-7H,(H,19,20). The Hall–Kier alpha value is -2.40. The second kappa shape index (κ2) is 4.61. The summed E-state index contributed by atoms with van der Waals surface area (Å²) < 4.78 is 15.0. The zero-order valence-corrected chi connectivity index (χ0v) is 10.8. The molecule has 0 aliphatic heterocycles. The molecule has 0 saturated carbocycles. The van der Waals surface area contributed by atoms with E-state index in [1.807, 2.05) is 0 Å². The molecule has 0 aliphatic rings. The van der Waals surface area contributed by atoms with Gasteiger partial charge in [0.15, 0.2) is 0 Å². The van der Waals surface area contributed by atoms with E-state index < -0.39 is 11.8 Å². The van der Waals surface area contributed by atoms with E-state index in [0.717, 1.165) is 0 Å². The first-order valence-electron chi connectivity index (χ1n) is 5.71. The number of carboxylic acid groups (broad SMARTS) is 1. The molecule has 1 aromatic heterocycles. The Balaban J connectivity index is 2.25. The molecule has 0 aliphatic carbocycles. The van der Waals surface area contributed by atoms with Crippen molar-refractivity contribution in [1.82, 2.24) is 9.55 Å². The molecule has 0 amide bonds. The van der Waals surface area contributed by atoms with E-state index in [0.29, 0.717) is 16.7 Å². The lowest BCUT2D eigenvalue weighted by Gasteiger charge is -2.05. The Morgan fingerprint density at radius 2 is 2.05 bits per heavy atom. The summed E-state index contributed by atoms with van der Waals surface area (Å²) in [5.41, 5.74) is 1.82. The number of hydrogen-bond acceptors (Lipinski definition) is 2. The molecular formula is C14H8ClFN2O2. The summed E-state index contributed by atoms with van der Waals surface area (Å²) >= 11 is 5.83. The number of imidazole rings is 1. The number of benzene rings is 2. The van der Waals surface area contributed by atoms with E-state index in [9.17, 15) is 9.18 Å². The Morgan fingerprint density at radius 3 is 2.75 bits per heavy atom. The number of aromatic nitrogens is 2. The lowest BCUT2D eigenvalue weighted by atomic mass is 10.2. The third kappa shape index (κ3) is 2.12. The Bertz CT molecular complexity index is 809. The maximum atomic E-state index is 13.4. The average molecular weight is 291 g/mol. The minimum Gasteiger partial charge on any atom is -0.478 e. The molecule has 100 valence electrons.